The molecule has 0 radical (unpaired) electrons. The highest BCUT2D eigenvalue weighted by Crippen LogP contribution is 2.46. The van der Waals surface area contributed by atoms with E-state index in [4.69, 9.17) is 42.9 Å². The molecule has 11 rings (SSSR count). The van der Waals surface area contributed by atoms with E-state index in [0.717, 1.165) is 22.3 Å². The number of nitrogens with one attached hydrogen (secondary N) is 3. The fraction of sp³-hybridized carbons (Fsp3) is 0.356. The molecule has 6 atom stereocenters. The van der Waals surface area contributed by atoms with E-state index in [1.165, 1.54) is 30.5 Å². The Morgan fingerprint density at radius 1 is 0.838 bits per heavy atom. The molecular formula is C59H57N5O16. The van der Waals surface area contributed by atoms with Crippen molar-refractivity contribution in [2.24, 2.45) is 11.8 Å². The third kappa shape index (κ3) is 9.80. The summed E-state index contributed by atoms with van der Waals surface area (Å²) in [5, 5.41) is 20.4. The number of anilines is 1. The molecule has 4 aliphatic heterocycles. The van der Waals surface area contributed by atoms with Gasteiger partial charge in [0.2, 0.25) is 19.0 Å². The number of Topliss-reactive ketones (excluding diaryl/α,β-unsaturated/α-hetero) is 1. The monoisotopic (exact) mass is 1090 g/mol. The molecule has 1 aliphatic carbocycles. The van der Waals surface area contributed by atoms with Crippen molar-refractivity contribution < 1.29 is 71.8 Å². The van der Waals surface area contributed by atoms with Crippen LogP contribution >= 0.6 is 0 Å². The Kier molecular flexibility index (Phi) is 14.3. The second-order valence-corrected chi connectivity index (χ2v) is 20.5. The van der Waals surface area contributed by atoms with Crippen LogP contribution in [0.25, 0.3) is 33.4 Å². The number of ketones is 1. The normalized spacial score (nSPS) is 21.0. The second kappa shape index (κ2) is 21.4. The number of nitrogens with zero attached hydrogens (tertiary/aromatic N) is 2. The Labute approximate surface area is 457 Å². The minimum atomic E-state index is -2.04. The number of aliphatic hydroxyl groups is 1. The number of fused-ring (bicyclic) bond motifs is 9. The molecule has 414 valence electrons. The number of ether oxygens (including phenoxy) is 8. The van der Waals surface area contributed by atoms with Crippen LogP contribution in [-0.4, -0.2) is 88.9 Å². The minimum absolute atomic E-state index is 0.0112. The lowest BCUT2D eigenvalue weighted by molar-refractivity contribution is -0.241. The quantitative estimate of drug-likeness (QED) is 0.0595. The molecule has 0 saturated carbocycles. The largest absolute Gasteiger partial charge is 0.459 e. The first kappa shape index (κ1) is 53.2. The number of rotatable bonds is 15. The molecule has 0 bridgehead atoms. The molecule has 0 spiro atoms. The first-order chi connectivity index (χ1) is 38.5. The Morgan fingerprint density at radius 2 is 1.55 bits per heavy atom. The van der Waals surface area contributed by atoms with Crippen molar-refractivity contribution in [3.05, 3.63) is 134 Å². The predicted molar refractivity (Wildman–Crippen MR) is 284 cm³/mol. The maximum atomic E-state index is 14.1. The number of hydrogen-bond acceptors (Lipinski definition) is 17. The van der Waals surface area contributed by atoms with Gasteiger partial charge in [0.15, 0.2) is 29.0 Å². The van der Waals surface area contributed by atoms with Gasteiger partial charge in [-0.15, -0.1) is 0 Å². The van der Waals surface area contributed by atoms with Crippen LogP contribution in [0.2, 0.25) is 0 Å². The number of benzene rings is 4. The molecule has 1 fully saturated rings. The number of carbonyl (C=O) groups is 6. The van der Waals surface area contributed by atoms with Crippen molar-refractivity contribution in [3.8, 4) is 39.8 Å². The number of aromatic nitrogens is 2. The predicted octanol–water partition coefficient (Wildman–Crippen LogP) is 7.00. The lowest BCUT2D eigenvalue weighted by Crippen LogP contribution is -2.55. The fourth-order valence-electron chi connectivity index (χ4n) is 11.3. The van der Waals surface area contributed by atoms with E-state index < -0.39 is 59.7 Å². The summed E-state index contributed by atoms with van der Waals surface area (Å²) in [6.45, 7) is 7.22. The third-order valence-corrected chi connectivity index (χ3v) is 15.7. The Balaban J connectivity index is 0.804. The molecule has 6 aromatic rings. The van der Waals surface area contributed by atoms with E-state index in [2.05, 4.69) is 16.0 Å². The smallest absolute Gasteiger partial charge is 0.407 e. The number of hydrogen-bond donors (Lipinski definition) is 4. The highest BCUT2D eigenvalue weighted by atomic mass is 16.7. The summed E-state index contributed by atoms with van der Waals surface area (Å²) >= 11 is 0. The number of pyridine rings is 2. The highest BCUT2D eigenvalue weighted by molar-refractivity contribution is 5.93. The van der Waals surface area contributed by atoms with Gasteiger partial charge in [0, 0.05) is 60.8 Å². The van der Waals surface area contributed by atoms with E-state index in [1.807, 2.05) is 62.4 Å². The van der Waals surface area contributed by atoms with Crippen LogP contribution in [-0.2, 0) is 74.8 Å². The first-order valence-corrected chi connectivity index (χ1v) is 26.4. The van der Waals surface area contributed by atoms with Crippen LogP contribution in [0.5, 0.6) is 17.2 Å². The summed E-state index contributed by atoms with van der Waals surface area (Å²) in [7, 11) is 0. The average Bonchev–Trinajstić information content (AvgIpc) is 3.52. The van der Waals surface area contributed by atoms with Gasteiger partial charge in [0.25, 0.3) is 5.56 Å². The maximum Gasteiger partial charge on any atom is 0.407 e. The molecule has 3 amide bonds. The average molecular weight is 1090 g/mol. The Hall–Kier alpha value is -8.82. The van der Waals surface area contributed by atoms with Gasteiger partial charge in [-0.25, -0.2) is 19.4 Å². The summed E-state index contributed by atoms with van der Waals surface area (Å²) in [4.78, 5) is 97.4. The summed E-state index contributed by atoms with van der Waals surface area (Å²) in [5.74, 6) is -2.15. The van der Waals surface area contributed by atoms with Gasteiger partial charge in [0.05, 0.1) is 34.7 Å². The number of cyclic esters (lactones) is 1. The summed E-state index contributed by atoms with van der Waals surface area (Å²) in [6.07, 6.45) is -4.89. The van der Waals surface area contributed by atoms with Crippen LogP contribution < -0.4 is 35.7 Å². The third-order valence-electron chi connectivity index (χ3n) is 15.7. The molecule has 80 heavy (non-hydrogen) atoms. The molecule has 4 N–H and O–H groups in total. The number of alkyl carbamates (subject to hydrolysis) is 2. The number of carbonyl (C=O) groups excluding carboxylic acids is 6. The zero-order chi connectivity index (χ0) is 56.1. The van der Waals surface area contributed by atoms with Gasteiger partial charge in [0.1, 0.15) is 31.7 Å². The van der Waals surface area contributed by atoms with Crippen LogP contribution in [0.15, 0.2) is 89.7 Å². The molecule has 2 unspecified atom stereocenters. The van der Waals surface area contributed by atoms with Crippen molar-refractivity contribution in [2.45, 2.75) is 104 Å². The number of amides is 3. The van der Waals surface area contributed by atoms with Crippen LogP contribution in [0, 0.1) is 11.8 Å². The van der Waals surface area contributed by atoms with E-state index in [1.54, 1.807) is 31.2 Å². The van der Waals surface area contributed by atoms with E-state index >= 15 is 0 Å². The second-order valence-electron chi connectivity index (χ2n) is 20.5. The molecule has 21 nitrogen and oxygen atoms in total. The lowest BCUT2D eigenvalue weighted by atomic mass is 9.82. The maximum absolute atomic E-state index is 14.1. The van der Waals surface area contributed by atoms with Gasteiger partial charge in [-0.2, -0.15) is 0 Å². The molecular weight excluding hydrogens is 1030 g/mol. The van der Waals surface area contributed by atoms with Crippen molar-refractivity contribution in [2.75, 3.05) is 25.3 Å². The summed E-state index contributed by atoms with van der Waals surface area (Å²) < 4.78 is 47.7. The van der Waals surface area contributed by atoms with Crippen molar-refractivity contribution in [1.29, 1.82) is 0 Å². The first-order valence-electron chi connectivity index (χ1n) is 26.4. The van der Waals surface area contributed by atoms with E-state index in [-0.39, 0.29) is 105 Å². The van der Waals surface area contributed by atoms with Gasteiger partial charge in [-0.05, 0) is 76.9 Å². The van der Waals surface area contributed by atoms with Crippen LogP contribution in [0.3, 0.4) is 0 Å². The minimum Gasteiger partial charge on any atom is -0.459 e. The molecule has 6 heterocycles. The van der Waals surface area contributed by atoms with Crippen LogP contribution in [0.4, 0.5) is 15.3 Å². The van der Waals surface area contributed by atoms with Gasteiger partial charge in [-0.1, -0.05) is 75.4 Å². The fourth-order valence-corrected chi connectivity index (χ4v) is 11.3. The topological polar surface area (TPSA) is 267 Å². The zero-order valence-electron chi connectivity index (χ0n) is 44.4. The Morgan fingerprint density at radius 3 is 2.26 bits per heavy atom. The van der Waals surface area contributed by atoms with E-state index in [9.17, 15) is 38.7 Å². The van der Waals surface area contributed by atoms with Crippen molar-refractivity contribution in [3.63, 3.8) is 0 Å². The molecule has 2 aromatic heterocycles. The van der Waals surface area contributed by atoms with Gasteiger partial charge < -0.3 is 63.5 Å². The van der Waals surface area contributed by atoms with Gasteiger partial charge >= 0.3 is 24.1 Å². The van der Waals surface area contributed by atoms with Crippen molar-refractivity contribution >= 4 is 52.4 Å². The molecule has 5 aliphatic rings. The summed E-state index contributed by atoms with van der Waals surface area (Å²) in [6, 6.07) is 25.6. The SMILES string of the molecule is CC[C@@]1(O)C(=O)OCc2c1cc1n(c2=O)Cc2c-1nc1cc3c(cc1c2CNC(=O)OCc1ccc(O[C@@H]2OC(C(C)=O)[C@@H](C)[C@H](C)C2OC(C)=O)c(NC(=O)CCNC(=O)OCC2c4ccccc4-c4ccccc42)c1)OCO3. The van der Waals surface area contributed by atoms with Gasteiger partial charge in [-0.3, -0.25) is 19.2 Å². The van der Waals surface area contributed by atoms with Crippen molar-refractivity contribution in [1.82, 2.24) is 20.2 Å². The molecule has 1 saturated heterocycles. The standard InChI is InChI=1S/C59H57N5O16/c1-6-59(72)43-21-46-51-40(24-64(46)54(68)42(43)27-73-56(59)69)39(38-20-48-49(77-28-76-48)22-44(38)63-51)23-61-58(71)74-25-33-15-16-47(79-55-53(78-32(5)66)30(3)29(2)52(80-55)31(4)65)45(19-33)62-50(67)17-18-60-57(70)75-26-41-36-13-9-7-11-34(36)35-12-8-10-14-37(35)41/h7-16,19-22,29-30,41,52-53,55,72H,6,17-18,23-28H2,1-5H3,(H,60,70)(H,61,71)(H,62,67)/t29-,30-,52?,53?,55+,59-/m0/s1. The zero-order valence-corrected chi connectivity index (χ0v) is 44.4. The molecule has 21 heteroatoms. The van der Waals surface area contributed by atoms with E-state index in [0.29, 0.717) is 50.5 Å². The lowest BCUT2D eigenvalue weighted by Gasteiger charge is -2.42. The highest BCUT2D eigenvalue weighted by Gasteiger charge is 2.48. The summed E-state index contributed by atoms with van der Waals surface area (Å²) in [5.41, 5.74) is 5.03. The number of esters is 2. The molecule has 4 aromatic carbocycles. The Bertz CT molecular complexity index is 3570. The van der Waals surface area contributed by atoms with Crippen LogP contribution in [0.1, 0.15) is 92.3 Å².